The quantitative estimate of drug-likeness (QED) is 0.651. The topological polar surface area (TPSA) is 50.7 Å². The largest absolute Gasteiger partial charge is 0.491 e. The molecule has 0 amide bonds. The molecule has 1 aromatic carbocycles. The van der Waals surface area contributed by atoms with Crippen LogP contribution in [0, 0.1) is 0 Å². The second-order valence-corrected chi connectivity index (χ2v) is 5.86. The van der Waals surface area contributed by atoms with Crippen molar-refractivity contribution in [1.82, 2.24) is 5.32 Å². The molecule has 4 nitrogen and oxygen atoms in total. The van der Waals surface area contributed by atoms with Gasteiger partial charge in [-0.25, -0.2) is 0 Å². The van der Waals surface area contributed by atoms with E-state index in [1.807, 2.05) is 26.0 Å². The predicted molar refractivity (Wildman–Crippen MR) is 86.0 cm³/mol. The average Bonchev–Trinajstić information content (AvgIpc) is 2.45. The SMILES string of the molecule is CC(C)NC[C@@H](O)COCCOc1ccc(C(C)C)cc1. The van der Waals surface area contributed by atoms with E-state index in [1.165, 1.54) is 5.56 Å². The molecule has 4 heteroatoms. The Kier molecular flexibility index (Phi) is 8.35. The first-order valence-electron chi connectivity index (χ1n) is 7.71. The number of rotatable bonds is 10. The Morgan fingerprint density at radius 3 is 2.29 bits per heavy atom. The summed E-state index contributed by atoms with van der Waals surface area (Å²) in [6.45, 7) is 10.3. The molecule has 120 valence electrons. The Morgan fingerprint density at radius 2 is 1.71 bits per heavy atom. The maximum absolute atomic E-state index is 9.67. The highest BCUT2D eigenvalue weighted by molar-refractivity contribution is 5.28. The molecular formula is C17H29NO3. The molecule has 0 fully saturated rings. The lowest BCUT2D eigenvalue weighted by molar-refractivity contribution is 0.0244. The summed E-state index contributed by atoms with van der Waals surface area (Å²) in [6, 6.07) is 8.51. The van der Waals surface area contributed by atoms with Gasteiger partial charge in [-0.05, 0) is 23.6 Å². The molecule has 0 spiro atoms. The van der Waals surface area contributed by atoms with Crippen molar-refractivity contribution >= 4 is 0 Å². The van der Waals surface area contributed by atoms with Crippen LogP contribution in [0.25, 0.3) is 0 Å². The van der Waals surface area contributed by atoms with Crippen LogP contribution in [0.3, 0.4) is 0 Å². The lowest BCUT2D eigenvalue weighted by atomic mass is 10.0. The third-order valence-electron chi connectivity index (χ3n) is 3.12. The van der Waals surface area contributed by atoms with Crippen LogP contribution >= 0.6 is 0 Å². The summed E-state index contributed by atoms with van der Waals surface area (Å²) in [7, 11) is 0. The number of hydrogen-bond donors (Lipinski definition) is 2. The van der Waals surface area contributed by atoms with Gasteiger partial charge >= 0.3 is 0 Å². The number of ether oxygens (including phenoxy) is 2. The van der Waals surface area contributed by atoms with E-state index >= 15 is 0 Å². The monoisotopic (exact) mass is 295 g/mol. The first-order valence-corrected chi connectivity index (χ1v) is 7.71. The lowest BCUT2D eigenvalue weighted by Crippen LogP contribution is -2.34. The molecule has 1 aromatic rings. The van der Waals surface area contributed by atoms with Crippen LogP contribution in [0.15, 0.2) is 24.3 Å². The van der Waals surface area contributed by atoms with Crippen molar-refractivity contribution in [3.63, 3.8) is 0 Å². The number of aliphatic hydroxyl groups is 1. The number of hydrogen-bond acceptors (Lipinski definition) is 4. The molecule has 21 heavy (non-hydrogen) atoms. The van der Waals surface area contributed by atoms with Gasteiger partial charge < -0.3 is 19.9 Å². The molecule has 0 bridgehead atoms. The maximum Gasteiger partial charge on any atom is 0.119 e. The summed E-state index contributed by atoms with van der Waals surface area (Å²) in [5, 5.41) is 12.8. The van der Waals surface area contributed by atoms with Gasteiger partial charge in [0.1, 0.15) is 12.4 Å². The zero-order valence-electron chi connectivity index (χ0n) is 13.6. The number of aliphatic hydroxyl groups excluding tert-OH is 1. The third kappa shape index (κ3) is 8.05. The van der Waals surface area contributed by atoms with Gasteiger partial charge in [0.2, 0.25) is 0 Å². The minimum Gasteiger partial charge on any atom is -0.491 e. The molecular weight excluding hydrogens is 266 g/mol. The molecule has 0 unspecified atom stereocenters. The third-order valence-corrected chi connectivity index (χ3v) is 3.12. The summed E-state index contributed by atoms with van der Waals surface area (Å²) in [5.74, 6) is 1.38. The van der Waals surface area contributed by atoms with Gasteiger partial charge in [-0.15, -0.1) is 0 Å². The summed E-state index contributed by atoms with van der Waals surface area (Å²) in [4.78, 5) is 0. The smallest absolute Gasteiger partial charge is 0.119 e. The highest BCUT2D eigenvalue weighted by Crippen LogP contribution is 2.18. The van der Waals surface area contributed by atoms with E-state index in [0.29, 0.717) is 38.3 Å². The second kappa shape index (κ2) is 9.77. The van der Waals surface area contributed by atoms with Gasteiger partial charge in [-0.2, -0.15) is 0 Å². The maximum atomic E-state index is 9.67. The summed E-state index contributed by atoms with van der Waals surface area (Å²) in [5.41, 5.74) is 1.30. The van der Waals surface area contributed by atoms with Crippen molar-refractivity contribution in [3.05, 3.63) is 29.8 Å². The zero-order valence-corrected chi connectivity index (χ0v) is 13.6. The Labute approximate surface area is 128 Å². The Balaban J connectivity index is 2.11. The van der Waals surface area contributed by atoms with Crippen LogP contribution in [0.4, 0.5) is 0 Å². The van der Waals surface area contributed by atoms with Crippen molar-refractivity contribution < 1.29 is 14.6 Å². The van der Waals surface area contributed by atoms with E-state index in [9.17, 15) is 5.11 Å². The molecule has 0 radical (unpaired) electrons. The molecule has 1 rings (SSSR count). The van der Waals surface area contributed by atoms with E-state index < -0.39 is 6.10 Å². The Morgan fingerprint density at radius 1 is 1.05 bits per heavy atom. The fourth-order valence-electron chi connectivity index (χ4n) is 1.82. The first kappa shape index (κ1) is 18.0. The average molecular weight is 295 g/mol. The molecule has 0 heterocycles. The van der Waals surface area contributed by atoms with E-state index in [-0.39, 0.29) is 0 Å². The van der Waals surface area contributed by atoms with Crippen LogP contribution in [0.5, 0.6) is 5.75 Å². The summed E-state index contributed by atoms with van der Waals surface area (Å²) < 4.78 is 11.0. The molecule has 0 aliphatic heterocycles. The van der Waals surface area contributed by atoms with Crippen molar-refractivity contribution in [2.75, 3.05) is 26.4 Å². The molecule has 0 aliphatic rings. The Hall–Kier alpha value is -1.10. The van der Waals surface area contributed by atoms with Crippen LogP contribution in [-0.2, 0) is 4.74 Å². The second-order valence-electron chi connectivity index (χ2n) is 5.86. The molecule has 0 aliphatic carbocycles. The van der Waals surface area contributed by atoms with E-state index in [4.69, 9.17) is 9.47 Å². The lowest BCUT2D eigenvalue weighted by Gasteiger charge is -2.14. The summed E-state index contributed by atoms with van der Waals surface area (Å²) in [6.07, 6.45) is -0.474. The minimum absolute atomic E-state index is 0.329. The standard InChI is InChI=1S/C17H29NO3/c1-13(2)15-5-7-17(8-6-15)21-10-9-20-12-16(19)11-18-14(3)4/h5-8,13-14,16,18-19H,9-12H2,1-4H3/t16-/m1/s1. The van der Waals surface area contributed by atoms with Gasteiger partial charge in [-0.1, -0.05) is 39.8 Å². The first-order chi connectivity index (χ1) is 9.99. The summed E-state index contributed by atoms with van der Waals surface area (Å²) >= 11 is 0. The zero-order chi connectivity index (χ0) is 15.7. The van der Waals surface area contributed by atoms with Crippen molar-refractivity contribution in [2.45, 2.75) is 45.8 Å². The van der Waals surface area contributed by atoms with Crippen LogP contribution < -0.4 is 10.1 Å². The van der Waals surface area contributed by atoms with Crippen LogP contribution in [0.1, 0.15) is 39.2 Å². The number of nitrogens with one attached hydrogen (secondary N) is 1. The van der Waals surface area contributed by atoms with Crippen molar-refractivity contribution in [1.29, 1.82) is 0 Å². The van der Waals surface area contributed by atoms with E-state index in [0.717, 1.165) is 5.75 Å². The van der Waals surface area contributed by atoms with Gasteiger partial charge in [0.25, 0.3) is 0 Å². The molecule has 0 saturated carbocycles. The van der Waals surface area contributed by atoms with E-state index in [1.54, 1.807) is 0 Å². The van der Waals surface area contributed by atoms with E-state index in [2.05, 4.69) is 31.3 Å². The van der Waals surface area contributed by atoms with Crippen molar-refractivity contribution in [3.8, 4) is 5.75 Å². The highest BCUT2D eigenvalue weighted by atomic mass is 16.5. The van der Waals surface area contributed by atoms with Gasteiger partial charge in [0, 0.05) is 12.6 Å². The van der Waals surface area contributed by atoms with Crippen LogP contribution in [0.2, 0.25) is 0 Å². The molecule has 2 N–H and O–H groups in total. The molecule has 1 atom stereocenters. The molecule has 0 aromatic heterocycles. The predicted octanol–water partition coefficient (Wildman–Crippen LogP) is 2.56. The van der Waals surface area contributed by atoms with Gasteiger partial charge in [0.15, 0.2) is 0 Å². The fourth-order valence-corrected chi connectivity index (χ4v) is 1.82. The fraction of sp³-hybridized carbons (Fsp3) is 0.647. The Bertz CT molecular complexity index is 376. The molecule has 0 saturated heterocycles. The number of benzene rings is 1. The normalized spacial score (nSPS) is 12.9. The van der Waals surface area contributed by atoms with Crippen LogP contribution in [-0.4, -0.2) is 43.6 Å². The van der Waals surface area contributed by atoms with Gasteiger partial charge in [0.05, 0.1) is 19.3 Å². The van der Waals surface area contributed by atoms with Gasteiger partial charge in [-0.3, -0.25) is 0 Å². The highest BCUT2D eigenvalue weighted by Gasteiger charge is 2.05. The minimum atomic E-state index is -0.474. The van der Waals surface area contributed by atoms with Crippen molar-refractivity contribution in [2.24, 2.45) is 0 Å².